The van der Waals surface area contributed by atoms with Crippen molar-refractivity contribution in [3.63, 3.8) is 0 Å². The minimum absolute atomic E-state index is 0.125. The van der Waals surface area contributed by atoms with Gasteiger partial charge in [0, 0.05) is 48.9 Å². The molecule has 0 atom stereocenters. The van der Waals surface area contributed by atoms with Gasteiger partial charge in [-0.25, -0.2) is 4.79 Å². The second kappa shape index (κ2) is 10.3. The van der Waals surface area contributed by atoms with Crippen molar-refractivity contribution in [1.29, 1.82) is 5.26 Å². The molecule has 9 nitrogen and oxygen atoms in total. The summed E-state index contributed by atoms with van der Waals surface area (Å²) < 4.78 is 6.01. The molecule has 0 saturated carbocycles. The van der Waals surface area contributed by atoms with Gasteiger partial charge < -0.3 is 25.4 Å². The number of nitrogens with zero attached hydrogens (tertiary/aromatic N) is 3. The highest BCUT2D eigenvalue weighted by Gasteiger charge is 2.24. The molecule has 0 bridgehead atoms. The molecule has 0 unspecified atom stereocenters. The Hall–Kier alpha value is -4.29. The number of likely N-dealkylation sites (tertiary alicyclic amines) is 1. The number of aromatic nitrogens is 1. The summed E-state index contributed by atoms with van der Waals surface area (Å²) in [4.78, 5) is 28.5. The molecule has 0 radical (unpaired) electrons. The number of ether oxygens (including phenoxy) is 1. The molecule has 1 aliphatic heterocycles. The van der Waals surface area contributed by atoms with Crippen LogP contribution in [0.15, 0.2) is 55.3 Å². The number of nitriles is 1. The van der Waals surface area contributed by atoms with E-state index in [4.69, 9.17) is 21.4 Å². The van der Waals surface area contributed by atoms with Gasteiger partial charge in [0.1, 0.15) is 17.9 Å². The van der Waals surface area contributed by atoms with E-state index in [9.17, 15) is 14.9 Å². The van der Waals surface area contributed by atoms with E-state index in [1.54, 1.807) is 36.4 Å². The van der Waals surface area contributed by atoms with Crippen molar-refractivity contribution < 1.29 is 19.4 Å². The smallest absolute Gasteiger partial charge is 0.407 e. The average Bonchev–Trinajstić information content (AvgIpc) is 2.86. The first-order valence-electron chi connectivity index (χ1n) is 10.9. The van der Waals surface area contributed by atoms with Gasteiger partial charge in [-0.2, -0.15) is 5.26 Å². The maximum absolute atomic E-state index is 11.7. The highest BCUT2D eigenvalue weighted by atomic mass is 35.5. The quantitative estimate of drug-likeness (QED) is 0.407. The molecule has 2 amide bonds. The van der Waals surface area contributed by atoms with E-state index in [1.807, 2.05) is 0 Å². The third-order valence-electron chi connectivity index (χ3n) is 5.65. The number of halogens is 1. The topological polar surface area (TPSA) is 128 Å². The highest BCUT2D eigenvalue weighted by molar-refractivity contribution is 6.32. The zero-order valence-electron chi connectivity index (χ0n) is 18.6. The number of fused-ring (bicyclic) bond motifs is 1. The molecule has 4 rings (SSSR count). The third-order valence-corrected chi connectivity index (χ3v) is 5.94. The van der Waals surface area contributed by atoms with E-state index in [1.165, 1.54) is 17.2 Å². The Kier molecular flexibility index (Phi) is 7.03. The molecule has 178 valence electrons. The van der Waals surface area contributed by atoms with Crippen LogP contribution in [0.3, 0.4) is 0 Å². The van der Waals surface area contributed by atoms with E-state index in [2.05, 4.69) is 28.3 Å². The fourth-order valence-corrected chi connectivity index (χ4v) is 4.07. The van der Waals surface area contributed by atoms with Crippen LogP contribution in [0.4, 0.5) is 21.9 Å². The highest BCUT2D eigenvalue weighted by Crippen LogP contribution is 2.34. The molecular weight excluding hydrogens is 470 g/mol. The van der Waals surface area contributed by atoms with E-state index in [0.717, 1.165) is 0 Å². The van der Waals surface area contributed by atoms with E-state index in [-0.39, 0.29) is 12.0 Å². The molecule has 0 spiro atoms. The summed E-state index contributed by atoms with van der Waals surface area (Å²) in [5.41, 5.74) is 2.66. The Morgan fingerprint density at radius 1 is 1.23 bits per heavy atom. The zero-order valence-corrected chi connectivity index (χ0v) is 19.4. The number of pyridine rings is 1. The molecule has 1 fully saturated rings. The summed E-state index contributed by atoms with van der Waals surface area (Å²) in [5, 5.41) is 25.7. The van der Waals surface area contributed by atoms with Crippen molar-refractivity contribution in [3.8, 4) is 11.8 Å². The van der Waals surface area contributed by atoms with Crippen LogP contribution in [0.5, 0.6) is 5.75 Å². The number of carboxylic acid groups (broad SMARTS) is 1. The van der Waals surface area contributed by atoms with Crippen LogP contribution in [0.2, 0.25) is 5.02 Å². The fourth-order valence-electron chi connectivity index (χ4n) is 3.85. The number of carbonyl (C=O) groups excluding carboxylic acids is 1. The first kappa shape index (κ1) is 23.9. The molecule has 0 aliphatic carbocycles. The molecule has 35 heavy (non-hydrogen) atoms. The molecule has 2 aromatic carbocycles. The molecule has 10 heteroatoms. The molecule has 1 aromatic heterocycles. The Bertz CT molecular complexity index is 1350. The van der Waals surface area contributed by atoms with Crippen LogP contribution in [0.25, 0.3) is 10.9 Å². The van der Waals surface area contributed by atoms with Gasteiger partial charge >= 0.3 is 6.09 Å². The lowest BCUT2D eigenvalue weighted by molar-refractivity contribution is -0.111. The molecule has 1 aliphatic rings. The number of anilines is 3. The first-order chi connectivity index (χ1) is 16.9. The predicted molar refractivity (Wildman–Crippen MR) is 133 cm³/mol. The predicted octanol–water partition coefficient (Wildman–Crippen LogP) is 5.15. The van der Waals surface area contributed by atoms with Crippen LogP contribution in [0.1, 0.15) is 18.4 Å². The monoisotopic (exact) mass is 491 g/mol. The number of amides is 2. The van der Waals surface area contributed by atoms with Gasteiger partial charge in [-0.15, -0.1) is 0 Å². The SMILES string of the molecule is C=CC(=O)Nc1ccc2ncc(C#N)c(Nc3ccc(OC4CCN(C(=O)O)CC4)c(Cl)c3)c2c1. The Morgan fingerprint density at radius 3 is 2.63 bits per heavy atom. The van der Waals surface area contributed by atoms with Gasteiger partial charge in [-0.3, -0.25) is 9.78 Å². The normalized spacial score (nSPS) is 13.7. The second-order valence-electron chi connectivity index (χ2n) is 7.94. The Morgan fingerprint density at radius 2 is 1.97 bits per heavy atom. The van der Waals surface area contributed by atoms with Crippen molar-refractivity contribution in [2.75, 3.05) is 23.7 Å². The third kappa shape index (κ3) is 5.45. The number of piperidine rings is 1. The van der Waals surface area contributed by atoms with E-state index >= 15 is 0 Å². The molecule has 2 heterocycles. The largest absolute Gasteiger partial charge is 0.489 e. The number of rotatable bonds is 6. The zero-order chi connectivity index (χ0) is 24.9. The average molecular weight is 492 g/mol. The van der Waals surface area contributed by atoms with E-state index < -0.39 is 6.09 Å². The van der Waals surface area contributed by atoms with Crippen LogP contribution in [-0.4, -0.2) is 46.2 Å². The minimum atomic E-state index is -0.924. The lowest BCUT2D eigenvalue weighted by atomic mass is 10.1. The summed E-state index contributed by atoms with van der Waals surface area (Å²) in [6, 6.07) is 12.6. The van der Waals surface area contributed by atoms with Crippen LogP contribution in [0, 0.1) is 11.3 Å². The van der Waals surface area contributed by atoms with E-state index in [0.29, 0.717) is 70.2 Å². The molecule has 3 aromatic rings. The van der Waals surface area contributed by atoms with Crippen LogP contribution < -0.4 is 15.4 Å². The Labute approximate surface area is 206 Å². The summed E-state index contributed by atoms with van der Waals surface area (Å²) in [5.74, 6) is 0.153. The summed E-state index contributed by atoms with van der Waals surface area (Å²) in [7, 11) is 0. The maximum Gasteiger partial charge on any atom is 0.407 e. The lowest BCUT2D eigenvalue weighted by Crippen LogP contribution is -2.41. The maximum atomic E-state index is 11.7. The number of nitrogens with one attached hydrogen (secondary N) is 2. The van der Waals surface area contributed by atoms with Gasteiger partial charge in [0.2, 0.25) is 5.91 Å². The molecule has 1 saturated heterocycles. The van der Waals surface area contributed by atoms with Crippen LogP contribution in [-0.2, 0) is 4.79 Å². The van der Waals surface area contributed by atoms with Crippen molar-refractivity contribution >= 4 is 51.6 Å². The number of hydrogen-bond acceptors (Lipinski definition) is 6. The minimum Gasteiger partial charge on any atom is -0.489 e. The first-order valence-corrected chi connectivity index (χ1v) is 11.2. The van der Waals surface area contributed by atoms with Crippen molar-refractivity contribution in [2.24, 2.45) is 0 Å². The standard InChI is InChI=1S/C25H22ClN5O4/c1-2-23(32)29-16-3-5-21-19(11-16)24(15(13-27)14-28-21)30-17-4-6-22(20(26)12-17)35-18-7-9-31(10-8-18)25(33)34/h2-6,11-12,14,18H,1,7-10H2,(H,28,30)(H,29,32)(H,33,34). The molecular formula is C25H22ClN5O4. The summed E-state index contributed by atoms with van der Waals surface area (Å²) in [6.07, 6.45) is 2.78. The lowest BCUT2D eigenvalue weighted by Gasteiger charge is -2.30. The van der Waals surface area contributed by atoms with Gasteiger partial charge in [0.15, 0.2) is 0 Å². The summed E-state index contributed by atoms with van der Waals surface area (Å²) in [6.45, 7) is 4.28. The number of benzene rings is 2. The van der Waals surface area contributed by atoms with Crippen molar-refractivity contribution in [2.45, 2.75) is 18.9 Å². The van der Waals surface area contributed by atoms with Crippen LogP contribution >= 0.6 is 11.6 Å². The molecule has 3 N–H and O–H groups in total. The summed E-state index contributed by atoms with van der Waals surface area (Å²) >= 11 is 6.48. The van der Waals surface area contributed by atoms with Crippen molar-refractivity contribution in [3.05, 3.63) is 65.8 Å². The second-order valence-corrected chi connectivity index (χ2v) is 8.35. The number of hydrogen-bond donors (Lipinski definition) is 3. The van der Waals surface area contributed by atoms with Gasteiger partial charge in [-0.05, 0) is 42.5 Å². The number of carbonyl (C=O) groups is 2. The van der Waals surface area contributed by atoms with Crippen molar-refractivity contribution in [1.82, 2.24) is 9.88 Å². The van der Waals surface area contributed by atoms with Gasteiger partial charge in [-0.1, -0.05) is 18.2 Å². The van der Waals surface area contributed by atoms with Gasteiger partial charge in [0.05, 0.1) is 21.8 Å². The van der Waals surface area contributed by atoms with Gasteiger partial charge in [0.25, 0.3) is 0 Å². The Balaban J connectivity index is 1.56. The fraction of sp³-hybridized carbons (Fsp3) is 0.200.